The molecule has 1 amide bonds. The van der Waals surface area contributed by atoms with Gasteiger partial charge in [-0.1, -0.05) is 60.7 Å². The lowest BCUT2D eigenvalue weighted by atomic mass is 9.99. The number of nitrogens with zero attached hydrogens (tertiary/aromatic N) is 2. The average molecular weight is 440 g/mol. The largest absolute Gasteiger partial charge is 0.348 e. The Bertz CT molecular complexity index is 1090. The van der Waals surface area contributed by atoms with E-state index in [4.69, 9.17) is 0 Å². The van der Waals surface area contributed by atoms with E-state index in [2.05, 4.69) is 75.8 Å². The molecule has 0 aromatic heterocycles. The van der Waals surface area contributed by atoms with E-state index in [9.17, 15) is 4.79 Å². The highest BCUT2D eigenvalue weighted by Crippen LogP contribution is 2.21. The van der Waals surface area contributed by atoms with Gasteiger partial charge in [-0.15, -0.1) is 0 Å². The quantitative estimate of drug-likeness (QED) is 0.576. The van der Waals surface area contributed by atoms with Crippen LogP contribution in [0.3, 0.4) is 0 Å². The van der Waals surface area contributed by atoms with Crippen LogP contribution < -0.4 is 5.32 Å². The number of carbonyl (C=O) groups excluding carboxylic acids is 1. The van der Waals surface area contributed by atoms with Crippen LogP contribution in [0.25, 0.3) is 0 Å². The minimum atomic E-state index is -0.00979. The fourth-order valence-electron chi connectivity index (χ4n) is 5.05. The van der Waals surface area contributed by atoms with Gasteiger partial charge in [0.15, 0.2) is 0 Å². The van der Waals surface area contributed by atoms with Crippen LogP contribution in [0.5, 0.6) is 0 Å². The van der Waals surface area contributed by atoms with Crippen molar-refractivity contribution >= 4 is 5.91 Å². The number of likely N-dealkylation sites (tertiary alicyclic amines) is 1. The van der Waals surface area contributed by atoms with Crippen LogP contribution in [-0.4, -0.2) is 35.3 Å². The lowest BCUT2D eigenvalue weighted by Gasteiger charge is -2.28. The highest BCUT2D eigenvalue weighted by atomic mass is 16.1. The molecule has 0 unspecified atom stereocenters. The molecule has 4 nitrogen and oxygen atoms in total. The SMILES string of the molecule is O=C(NCc1ccccc1CN1CCCC1)c1ccc(CN2CCc3ccccc3C2)cc1. The molecule has 1 fully saturated rings. The zero-order valence-corrected chi connectivity index (χ0v) is 19.3. The Balaban J connectivity index is 1.15. The Morgan fingerprint density at radius 2 is 1.42 bits per heavy atom. The van der Waals surface area contributed by atoms with Crippen molar-refractivity contribution in [3.63, 3.8) is 0 Å². The number of carbonyl (C=O) groups is 1. The molecule has 2 heterocycles. The first-order chi connectivity index (χ1) is 16.2. The van der Waals surface area contributed by atoms with Crippen LogP contribution in [0.4, 0.5) is 0 Å². The maximum atomic E-state index is 12.8. The van der Waals surface area contributed by atoms with E-state index in [1.54, 1.807) is 0 Å². The standard InChI is InChI=1S/C29H33N3O/c33-29(30-19-26-8-2-4-10-28(26)21-31-16-5-6-17-31)25-13-11-23(12-14-25)20-32-18-15-24-7-1-3-9-27(24)22-32/h1-4,7-14H,5-6,15-22H2,(H,30,33). The first-order valence-electron chi connectivity index (χ1n) is 12.2. The van der Waals surface area contributed by atoms with Gasteiger partial charge in [0, 0.05) is 38.3 Å². The van der Waals surface area contributed by atoms with Gasteiger partial charge < -0.3 is 5.32 Å². The van der Waals surface area contributed by atoms with Gasteiger partial charge in [0.2, 0.25) is 0 Å². The number of amides is 1. The lowest BCUT2D eigenvalue weighted by Crippen LogP contribution is -2.30. The normalized spacial score (nSPS) is 16.5. The molecule has 0 spiro atoms. The number of fused-ring (bicyclic) bond motifs is 1. The van der Waals surface area contributed by atoms with E-state index in [0.29, 0.717) is 6.54 Å². The van der Waals surface area contributed by atoms with E-state index >= 15 is 0 Å². The zero-order chi connectivity index (χ0) is 22.5. The topological polar surface area (TPSA) is 35.6 Å². The summed E-state index contributed by atoms with van der Waals surface area (Å²) in [4.78, 5) is 17.8. The molecule has 0 atom stereocenters. The van der Waals surface area contributed by atoms with E-state index in [1.807, 2.05) is 12.1 Å². The zero-order valence-electron chi connectivity index (χ0n) is 19.3. The first-order valence-corrected chi connectivity index (χ1v) is 12.2. The summed E-state index contributed by atoms with van der Waals surface area (Å²) in [5.74, 6) is -0.00979. The second-order valence-corrected chi connectivity index (χ2v) is 9.36. The first kappa shape index (κ1) is 21.9. The molecule has 5 rings (SSSR count). The molecule has 3 aromatic rings. The fourth-order valence-corrected chi connectivity index (χ4v) is 5.05. The second-order valence-electron chi connectivity index (χ2n) is 9.36. The third-order valence-electron chi connectivity index (χ3n) is 6.98. The van der Waals surface area contributed by atoms with E-state index < -0.39 is 0 Å². The minimum Gasteiger partial charge on any atom is -0.348 e. The number of hydrogen-bond acceptors (Lipinski definition) is 3. The van der Waals surface area contributed by atoms with Crippen molar-refractivity contribution in [2.24, 2.45) is 0 Å². The second kappa shape index (κ2) is 10.3. The molecule has 1 N–H and O–H groups in total. The molecule has 170 valence electrons. The Hall–Kier alpha value is -2.95. The van der Waals surface area contributed by atoms with Crippen molar-refractivity contribution in [3.05, 3.63) is 106 Å². The molecule has 0 aliphatic carbocycles. The highest BCUT2D eigenvalue weighted by molar-refractivity contribution is 5.94. The summed E-state index contributed by atoms with van der Waals surface area (Å²) < 4.78 is 0. The Kier molecular flexibility index (Phi) is 6.84. The molecule has 2 aliphatic heterocycles. The van der Waals surface area contributed by atoms with Crippen molar-refractivity contribution < 1.29 is 4.79 Å². The predicted octanol–water partition coefficient (Wildman–Crippen LogP) is 4.77. The maximum Gasteiger partial charge on any atom is 0.251 e. The van der Waals surface area contributed by atoms with Gasteiger partial charge in [0.05, 0.1) is 0 Å². The van der Waals surface area contributed by atoms with Crippen molar-refractivity contribution in [1.29, 1.82) is 0 Å². The lowest BCUT2D eigenvalue weighted by molar-refractivity contribution is 0.0950. The molecule has 0 bridgehead atoms. The van der Waals surface area contributed by atoms with Crippen LogP contribution in [0.2, 0.25) is 0 Å². The molecule has 1 saturated heterocycles. The molecular formula is C29H33N3O. The summed E-state index contributed by atoms with van der Waals surface area (Å²) in [6.07, 6.45) is 3.69. The van der Waals surface area contributed by atoms with Crippen LogP contribution in [0, 0.1) is 0 Å². The summed E-state index contributed by atoms with van der Waals surface area (Å²) in [5.41, 5.74) is 7.41. The Morgan fingerprint density at radius 1 is 0.727 bits per heavy atom. The minimum absolute atomic E-state index is 0.00979. The molecule has 0 radical (unpaired) electrons. The third kappa shape index (κ3) is 5.52. The number of benzene rings is 3. The van der Waals surface area contributed by atoms with Crippen molar-refractivity contribution in [2.75, 3.05) is 19.6 Å². The Morgan fingerprint density at radius 3 is 2.21 bits per heavy atom. The average Bonchev–Trinajstić information content (AvgIpc) is 3.37. The smallest absolute Gasteiger partial charge is 0.251 e. The third-order valence-corrected chi connectivity index (χ3v) is 6.98. The van der Waals surface area contributed by atoms with E-state index in [1.165, 1.54) is 53.7 Å². The summed E-state index contributed by atoms with van der Waals surface area (Å²) in [7, 11) is 0. The van der Waals surface area contributed by atoms with Crippen LogP contribution in [0.15, 0.2) is 72.8 Å². The van der Waals surface area contributed by atoms with Gasteiger partial charge in [-0.05, 0) is 72.3 Å². The monoisotopic (exact) mass is 439 g/mol. The van der Waals surface area contributed by atoms with Gasteiger partial charge in [0.1, 0.15) is 0 Å². The molecular weight excluding hydrogens is 406 g/mol. The van der Waals surface area contributed by atoms with Crippen LogP contribution >= 0.6 is 0 Å². The van der Waals surface area contributed by atoms with Crippen molar-refractivity contribution in [1.82, 2.24) is 15.1 Å². The predicted molar refractivity (Wildman–Crippen MR) is 133 cm³/mol. The fraction of sp³-hybridized carbons (Fsp3) is 0.345. The molecule has 33 heavy (non-hydrogen) atoms. The van der Waals surface area contributed by atoms with Gasteiger partial charge >= 0.3 is 0 Å². The Labute approximate surface area is 197 Å². The van der Waals surface area contributed by atoms with E-state index in [0.717, 1.165) is 38.2 Å². The van der Waals surface area contributed by atoms with Gasteiger partial charge in [-0.2, -0.15) is 0 Å². The summed E-state index contributed by atoms with van der Waals surface area (Å²) in [6.45, 7) is 6.89. The molecule has 2 aliphatic rings. The number of rotatable bonds is 7. The molecule has 0 saturated carbocycles. The summed E-state index contributed by atoms with van der Waals surface area (Å²) in [5, 5.41) is 3.12. The summed E-state index contributed by atoms with van der Waals surface area (Å²) >= 11 is 0. The highest BCUT2D eigenvalue weighted by Gasteiger charge is 2.16. The maximum absolute atomic E-state index is 12.8. The van der Waals surface area contributed by atoms with Crippen molar-refractivity contribution in [3.8, 4) is 0 Å². The molecule has 4 heteroatoms. The number of hydrogen-bond donors (Lipinski definition) is 1. The van der Waals surface area contributed by atoms with Crippen LogP contribution in [0.1, 0.15) is 51.0 Å². The molecule has 3 aromatic carbocycles. The van der Waals surface area contributed by atoms with Gasteiger partial charge in [0.25, 0.3) is 5.91 Å². The van der Waals surface area contributed by atoms with Crippen LogP contribution in [-0.2, 0) is 32.6 Å². The van der Waals surface area contributed by atoms with Crippen molar-refractivity contribution in [2.45, 2.75) is 45.4 Å². The van der Waals surface area contributed by atoms with Gasteiger partial charge in [-0.3, -0.25) is 14.6 Å². The van der Waals surface area contributed by atoms with E-state index in [-0.39, 0.29) is 5.91 Å². The number of nitrogens with one attached hydrogen (secondary N) is 1. The van der Waals surface area contributed by atoms with Gasteiger partial charge in [-0.25, -0.2) is 0 Å². The summed E-state index contributed by atoms with van der Waals surface area (Å²) in [6, 6.07) is 25.3.